The van der Waals surface area contributed by atoms with E-state index < -0.39 is 7.32 Å². The molecule has 0 saturated carbocycles. The van der Waals surface area contributed by atoms with Crippen LogP contribution in [-0.4, -0.2) is 20.5 Å². The van der Waals surface area contributed by atoms with Crippen LogP contribution in [-0.2, 0) is 20.6 Å². The normalized spacial score (nSPS) is 14.2. The van der Waals surface area contributed by atoms with Crippen LogP contribution in [0.2, 0.25) is 0 Å². The monoisotopic (exact) mass is 325 g/mol. The van der Waals surface area contributed by atoms with Crippen LogP contribution in [0.25, 0.3) is 0 Å². The smallest absolute Gasteiger partial charge is 0.457 e. The summed E-state index contributed by atoms with van der Waals surface area (Å²) in [5.41, 5.74) is 6.36. The second-order valence-corrected chi connectivity index (χ2v) is 5.36. The maximum Gasteiger partial charge on any atom is 0.639 e. The molecule has 6 nitrogen and oxygen atoms in total. The summed E-state index contributed by atoms with van der Waals surface area (Å²) in [5, 5.41) is 8.82. The zero-order chi connectivity index (χ0) is 16.8. The van der Waals surface area contributed by atoms with E-state index in [9.17, 15) is 0 Å². The Kier molecular flexibility index (Phi) is 5.46. The molecule has 1 saturated heterocycles. The van der Waals surface area contributed by atoms with Gasteiger partial charge < -0.3 is 24.4 Å². The van der Waals surface area contributed by atoms with Crippen LogP contribution in [0.15, 0.2) is 42.5 Å². The first-order chi connectivity index (χ1) is 11.7. The minimum atomic E-state index is -0.624. The average Bonchev–Trinajstić information content (AvgIpc) is 2.63. The van der Waals surface area contributed by atoms with E-state index in [-0.39, 0.29) is 0 Å². The first-order valence-corrected chi connectivity index (χ1v) is 7.72. The van der Waals surface area contributed by atoms with Gasteiger partial charge in [-0.2, -0.15) is 5.26 Å². The Hall–Kier alpha value is -2.37. The highest BCUT2D eigenvalue weighted by molar-refractivity contribution is 6.36. The predicted octanol–water partition coefficient (Wildman–Crippen LogP) is 2.16. The summed E-state index contributed by atoms with van der Waals surface area (Å²) in [5.74, 6) is 1.34. The first kappa shape index (κ1) is 16.5. The molecule has 7 heteroatoms. The predicted molar refractivity (Wildman–Crippen MR) is 87.3 cm³/mol. The number of nitrogens with zero attached hydrogens (tertiary/aromatic N) is 1. The molecule has 0 bridgehead atoms. The number of hydrogen-bond acceptors (Lipinski definition) is 5. The van der Waals surface area contributed by atoms with Crippen LogP contribution in [0.4, 0.5) is 5.69 Å². The number of quaternary nitrogens is 1. The molecule has 24 heavy (non-hydrogen) atoms. The number of benzene rings is 2. The zero-order valence-electron chi connectivity index (χ0n) is 13.2. The van der Waals surface area contributed by atoms with Gasteiger partial charge >= 0.3 is 7.32 Å². The van der Waals surface area contributed by atoms with Crippen molar-refractivity contribution in [1.82, 2.24) is 0 Å². The molecule has 0 amide bonds. The van der Waals surface area contributed by atoms with Crippen LogP contribution in [0, 0.1) is 11.3 Å². The lowest BCUT2D eigenvalue weighted by atomic mass is 10.1. The molecule has 0 aliphatic carbocycles. The third-order valence-corrected chi connectivity index (χ3v) is 3.57. The van der Waals surface area contributed by atoms with Gasteiger partial charge in [0, 0.05) is 24.8 Å². The van der Waals surface area contributed by atoms with Crippen LogP contribution in [0.5, 0.6) is 11.5 Å². The average molecular weight is 325 g/mol. The highest BCUT2D eigenvalue weighted by atomic mass is 16.7. The van der Waals surface area contributed by atoms with E-state index in [1.54, 1.807) is 24.3 Å². The Morgan fingerprint density at radius 1 is 1.08 bits per heavy atom. The lowest BCUT2D eigenvalue weighted by molar-refractivity contribution is -0.256. The molecule has 0 unspecified atom stereocenters. The van der Waals surface area contributed by atoms with Crippen LogP contribution in [0.3, 0.4) is 0 Å². The van der Waals surface area contributed by atoms with Crippen molar-refractivity contribution in [3.8, 4) is 17.6 Å². The summed E-state index contributed by atoms with van der Waals surface area (Å²) in [6, 6.07) is 14.6. The third kappa shape index (κ3) is 4.34. The minimum absolute atomic E-state index is 0.327. The lowest BCUT2D eigenvalue weighted by Gasteiger charge is -2.19. The Balaban J connectivity index is 1.65. The zero-order valence-corrected chi connectivity index (χ0v) is 13.2. The molecule has 2 aromatic rings. The van der Waals surface area contributed by atoms with Crippen LogP contribution >= 0.6 is 0 Å². The van der Waals surface area contributed by atoms with E-state index in [1.165, 1.54) is 0 Å². The second kappa shape index (κ2) is 7.95. The molecular formula is C17H18BN2O4+. The number of hydrogen-bond donors (Lipinski definition) is 1. The molecule has 0 aromatic heterocycles. The molecule has 1 aliphatic heterocycles. The Labute approximate surface area is 140 Å². The molecule has 1 aliphatic rings. The van der Waals surface area contributed by atoms with Gasteiger partial charge in [-0.05, 0) is 42.8 Å². The standard InChI is InChI=1S/C17H17BN2O4/c19-11-13-2-4-15(5-3-13)24-16-6-7-17(20)14(10-16)12-23-18-21-8-1-9-22-18/h2-7,10H,1,8-9,12,20H2/p+1. The minimum Gasteiger partial charge on any atom is -0.457 e. The summed E-state index contributed by atoms with van der Waals surface area (Å²) in [7, 11) is -0.624. The molecule has 2 aromatic carbocycles. The molecule has 3 rings (SSSR count). The fourth-order valence-corrected chi connectivity index (χ4v) is 2.25. The maximum atomic E-state index is 8.82. The van der Waals surface area contributed by atoms with Gasteiger partial charge in [-0.25, -0.2) is 0 Å². The van der Waals surface area contributed by atoms with Gasteiger partial charge in [-0.15, -0.1) is 0 Å². The van der Waals surface area contributed by atoms with Crippen molar-refractivity contribution in [2.24, 2.45) is 0 Å². The Morgan fingerprint density at radius 2 is 1.79 bits per heavy atom. The van der Waals surface area contributed by atoms with Crippen molar-refractivity contribution in [3.63, 3.8) is 0 Å². The molecule has 3 N–H and O–H groups in total. The van der Waals surface area contributed by atoms with E-state index in [0.29, 0.717) is 36.9 Å². The molecule has 0 atom stereocenters. The largest absolute Gasteiger partial charge is 0.639 e. The number of rotatable bonds is 5. The summed E-state index contributed by atoms with van der Waals surface area (Å²) in [6.45, 7) is 1.61. The van der Waals surface area contributed by atoms with Gasteiger partial charge in [0.25, 0.3) is 0 Å². The van der Waals surface area contributed by atoms with E-state index >= 15 is 0 Å². The summed E-state index contributed by atoms with van der Waals surface area (Å²) >= 11 is 0. The van der Waals surface area contributed by atoms with Crippen molar-refractivity contribution < 1.29 is 24.4 Å². The summed E-state index contributed by atoms with van der Waals surface area (Å²) in [4.78, 5) is 0. The van der Waals surface area contributed by atoms with Gasteiger partial charge in [0.15, 0.2) is 0 Å². The molecule has 1 fully saturated rings. The molecule has 1 heterocycles. The van der Waals surface area contributed by atoms with Gasteiger partial charge in [-0.1, -0.05) is 0 Å². The quantitative estimate of drug-likeness (QED) is 0.851. The molecule has 122 valence electrons. The fourth-order valence-electron chi connectivity index (χ4n) is 2.25. The summed E-state index contributed by atoms with van der Waals surface area (Å²) in [6.07, 6.45) is 0.883. The highest BCUT2D eigenvalue weighted by Gasteiger charge is 2.25. The molecule has 0 spiro atoms. The van der Waals surface area contributed by atoms with E-state index in [4.69, 9.17) is 24.0 Å². The van der Waals surface area contributed by atoms with Crippen molar-refractivity contribution in [3.05, 3.63) is 53.6 Å². The fraction of sp³-hybridized carbons (Fsp3) is 0.235. The Morgan fingerprint density at radius 3 is 2.50 bits per heavy atom. The van der Waals surface area contributed by atoms with E-state index in [2.05, 4.69) is 11.8 Å². The van der Waals surface area contributed by atoms with Crippen molar-refractivity contribution in [2.75, 3.05) is 13.2 Å². The van der Waals surface area contributed by atoms with Crippen molar-refractivity contribution in [2.45, 2.75) is 13.0 Å². The maximum absolute atomic E-state index is 8.82. The van der Waals surface area contributed by atoms with Gasteiger partial charge in [0.2, 0.25) is 0 Å². The van der Waals surface area contributed by atoms with E-state index in [0.717, 1.165) is 17.7 Å². The number of ether oxygens (including phenoxy) is 1. The number of nitriles is 1. The molecular weight excluding hydrogens is 307 g/mol. The third-order valence-electron chi connectivity index (χ3n) is 3.57. The van der Waals surface area contributed by atoms with Crippen LogP contribution in [0.1, 0.15) is 17.5 Å². The van der Waals surface area contributed by atoms with E-state index in [1.807, 2.05) is 18.2 Å². The van der Waals surface area contributed by atoms with Crippen LogP contribution < -0.4 is 10.5 Å². The van der Waals surface area contributed by atoms with Gasteiger partial charge in [-0.3, -0.25) is 0 Å². The topological polar surface area (TPSA) is 88.4 Å². The van der Waals surface area contributed by atoms with Gasteiger partial charge in [0.1, 0.15) is 17.2 Å². The summed E-state index contributed by atoms with van der Waals surface area (Å²) < 4.78 is 22.1. The van der Waals surface area contributed by atoms with Crippen molar-refractivity contribution >= 4 is 13.0 Å². The highest BCUT2D eigenvalue weighted by Crippen LogP contribution is 2.25. The first-order valence-electron chi connectivity index (χ1n) is 7.72. The Bertz CT molecular complexity index is 724. The van der Waals surface area contributed by atoms with Crippen molar-refractivity contribution in [1.29, 1.82) is 5.26 Å². The SMILES string of the molecule is N#Cc1ccc(Oc2ccc([NH3+])c(COB3OCCCO3)c2)cc1. The molecule has 0 radical (unpaired) electrons. The lowest BCUT2D eigenvalue weighted by Crippen LogP contribution is -2.41. The second-order valence-electron chi connectivity index (χ2n) is 5.36. The van der Waals surface area contributed by atoms with Gasteiger partial charge in [0.05, 0.1) is 18.2 Å².